The zero-order chi connectivity index (χ0) is 12.7. The minimum Gasteiger partial charge on any atom is -0.423 e. The average Bonchev–Trinajstić information content (AvgIpc) is 2.99. The Hall–Kier alpha value is -1.55. The van der Waals surface area contributed by atoms with Crippen LogP contribution in [-0.2, 0) is 4.74 Å². The van der Waals surface area contributed by atoms with Gasteiger partial charge in [0.05, 0.1) is 6.61 Å². The zero-order valence-electron chi connectivity index (χ0n) is 10.9. The predicted molar refractivity (Wildman–Crippen MR) is 73.3 cm³/mol. The molecule has 4 nitrogen and oxygen atoms in total. The lowest BCUT2D eigenvalue weighted by Gasteiger charge is -2.22. The lowest BCUT2D eigenvalue weighted by atomic mass is 10.1. The van der Waals surface area contributed by atoms with Crippen molar-refractivity contribution < 1.29 is 9.15 Å². The molecule has 19 heavy (non-hydrogen) atoms. The van der Waals surface area contributed by atoms with Crippen molar-refractivity contribution >= 4 is 17.1 Å². The van der Waals surface area contributed by atoms with Crippen molar-refractivity contribution in [2.75, 3.05) is 24.7 Å². The van der Waals surface area contributed by atoms with Crippen LogP contribution in [0.1, 0.15) is 19.3 Å². The molecule has 1 atom stereocenters. The molecular weight excluding hydrogens is 240 g/mol. The molecule has 2 fully saturated rings. The number of hydrogen-bond acceptors (Lipinski definition) is 4. The Labute approximate surface area is 112 Å². The maximum atomic E-state index is 5.92. The molecule has 100 valence electrons. The van der Waals surface area contributed by atoms with Crippen molar-refractivity contribution in [2.45, 2.75) is 25.3 Å². The number of para-hydroxylation sites is 2. The minimum absolute atomic E-state index is 0.619. The van der Waals surface area contributed by atoms with E-state index in [0.717, 1.165) is 43.3 Å². The van der Waals surface area contributed by atoms with Gasteiger partial charge in [-0.15, -0.1) is 0 Å². The van der Waals surface area contributed by atoms with E-state index in [0.29, 0.717) is 12.0 Å². The Kier molecular flexibility index (Phi) is 2.69. The summed E-state index contributed by atoms with van der Waals surface area (Å²) >= 11 is 0. The van der Waals surface area contributed by atoms with Crippen LogP contribution in [0, 0.1) is 5.92 Å². The van der Waals surface area contributed by atoms with Crippen LogP contribution in [0.5, 0.6) is 0 Å². The molecule has 0 radical (unpaired) electrons. The zero-order valence-corrected chi connectivity index (χ0v) is 10.9. The van der Waals surface area contributed by atoms with Gasteiger partial charge >= 0.3 is 0 Å². The molecule has 4 rings (SSSR count). The van der Waals surface area contributed by atoms with Gasteiger partial charge in [-0.2, -0.15) is 4.98 Å². The van der Waals surface area contributed by atoms with Gasteiger partial charge in [0.25, 0.3) is 6.01 Å². The molecule has 2 aromatic rings. The number of rotatable bonds is 4. The summed E-state index contributed by atoms with van der Waals surface area (Å²) in [7, 11) is 0. The van der Waals surface area contributed by atoms with Crippen LogP contribution >= 0.6 is 0 Å². The normalized spacial score (nSPS) is 23.1. The fraction of sp³-hybridized carbons (Fsp3) is 0.533. The standard InChI is InChI=1S/C15H18N2O2/c1-2-4-14-13(3-1)16-15(19-14)17(12-5-6-12)9-11-7-8-18-10-11/h1-4,11-12H,5-10H2/t11-/m1/s1. The number of nitrogens with zero attached hydrogens (tertiary/aromatic N) is 2. The molecule has 2 heterocycles. The second-order valence-corrected chi connectivity index (χ2v) is 5.58. The average molecular weight is 258 g/mol. The molecular formula is C15H18N2O2. The van der Waals surface area contributed by atoms with Crippen LogP contribution in [0.25, 0.3) is 11.1 Å². The predicted octanol–water partition coefficient (Wildman–Crippen LogP) is 2.83. The van der Waals surface area contributed by atoms with E-state index < -0.39 is 0 Å². The SMILES string of the molecule is c1ccc2oc(N(C[C@H]3CCOC3)C3CC3)nc2c1. The van der Waals surface area contributed by atoms with Gasteiger partial charge in [0.15, 0.2) is 5.58 Å². The Balaban J connectivity index is 1.61. The molecule has 1 aromatic carbocycles. The summed E-state index contributed by atoms with van der Waals surface area (Å²) in [6, 6.07) is 9.39. The van der Waals surface area contributed by atoms with Gasteiger partial charge in [0, 0.05) is 25.1 Å². The molecule has 0 N–H and O–H groups in total. The van der Waals surface area contributed by atoms with Crippen molar-refractivity contribution in [3.8, 4) is 0 Å². The van der Waals surface area contributed by atoms with Gasteiger partial charge in [-0.05, 0) is 31.4 Å². The highest BCUT2D eigenvalue weighted by Gasteiger charge is 2.34. The molecule has 2 aliphatic rings. The number of oxazole rings is 1. The first kappa shape index (κ1) is 11.3. The second-order valence-electron chi connectivity index (χ2n) is 5.58. The largest absolute Gasteiger partial charge is 0.423 e. The third-order valence-electron chi connectivity index (χ3n) is 3.99. The summed E-state index contributed by atoms with van der Waals surface area (Å²) < 4.78 is 11.4. The lowest BCUT2D eigenvalue weighted by molar-refractivity contribution is 0.186. The second kappa shape index (κ2) is 4.53. The fourth-order valence-electron chi connectivity index (χ4n) is 2.76. The monoisotopic (exact) mass is 258 g/mol. The van der Waals surface area contributed by atoms with Crippen molar-refractivity contribution in [2.24, 2.45) is 5.92 Å². The Bertz CT molecular complexity index is 537. The number of ether oxygens (including phenoxy) is 1. The molecule has 0 amide bonds. The fourth-order valence-corrected chi connectivity index (χ4v) is 2.76. The van der Waals surface area contributed by atoms with E-state index >= 15 is 0 Å². The number of hydrogen-bond donors (Lipinski definition) is 0. The summed E-state index contributed by atoms with van der Waals surface area (Å²) in [5, 5.41) is 0. The van der Waals surface area contributed by atoms with E-state index in [2.05, 4.69) is 9.88 Å². The molecule has 4 heteroatoms. The third-order valence-corrected chi connectivity index (χ3v) is 3.99. The number of benzene rings is 1. The first-order chi connectivity index (χ1) is 9.40. The lowest BCUT2D eigenvalue weighted by Crippen LogP contribution is -2.32. The van der Waals surface area contributed by atoms with E-state index in [1.807, 2.05) is 24.3 Å². The van der Waals surface area contributed by atoms with Crippen molar-refractivity contribution in [3.63, 3.8) is 0 Å². The van der Waals surface area contributed by atoms with Gasteiger partial charge in [-0.3, -0.25) is 0 Å². The van der Waals surface area contributed by atoms with E-state index in [-0.39, 0.29) is 0 Å². The van der Waals surface area contributed by atoms with Gasteiger partial charge in [-0.25, -0.2) is 0 Å². The smallest absolute Gasteiger partial charge is 0.298 e. The Morgan fingerprint density at radius 2 is 2.11 bits per heavy atom. The van der Waals surface area contributed by atoms with Gasteiger partial charge in [-0.1, -0.05) is 12.1 Å². The quantitative estimate of drug-likeness (QED) is 0.845. The summed E-state index contributed by atoms with van der Waals surface area (Å²) in [6.07, 6.45) is 3.67. The molecule has 1 aliphatic carbocycles. The van der Waals surface area contributed by atoms with Crippen LogP contribution in [0.3, 0.4) is 0 Å². The highest BCUT2D eigenvalue weighted by atomic mass is 16.5. The van der Waals surface area contributed by atoms with Gasteiger partial charge < -0.3 is 14.1 Å². The van der Waals surface area contributed by atoms with Crippen LogP contribution in [0.4, 0.5) is 6.01 Å². The van der Waals surface area contributed by atoms with Crippen LogP contribution in [0.15, 0.2) is 28.7 Å². The summed E-state index contributed by atoms with van der Waals surface area (Å²) in [4.78, 5) is 6.98. The highest BCUT2D eigenvalue weighted by Crippen LogP contribution is 2.34. The van der Waals surface area contributed by atoms with Gasteiger partial charge in [0.2, 0.25) is 0 Å². The first-order valence-corrected chi connectivity index (χ1v) is 7.10. The molecule has 1 aromatic heterocycles. The van der Waals surface area contributed by atoms with Crippen LogP contribution in [0.2, 0.25) is 0 Å². The summed E-state index contributed by atoms with van der Waals surface area (Å²) in [6.45, 7) is 2.79. The molecule has 0 bridgehead atoms. The molecule has 1 aliphatic heterocycles. The molecule has 0 spiro atoms. The number of anilines is 1. The minimum atomic E-state index is 0.619. The number of fused-ring (bicyclic) bond motifs is 1. The summed E-state index contributed by atoms with van der Waals surface area (Å²) in [5.41, 5.74) is 1.83. The van der Waals surface area contributed by atoms with Crippen molar-refractivity contribution in [1.82, 2.24) is 4.98 Å². The number of aromatic nitrogens is 1. The van der Waals surface area contributed by atoms with E-state index in [1.165, 1.54) is 12.8 Å². The highest BCUT2D eigenvalue weighted by molar-refractivity contribution is 5.74. The molecule has 0 unspecified atom stereocenters. The van der Waals surface area contributed by atoms with Crippen molar-refractivity contribution in [3.05, 3.63) is 24.3 Å². The summed E-state index contributed by atoms with van der Waals surface area (Å²) in [5.74, 6) is 0.621. The maximum absolute atomic E-state index is 5.92. The first-order valence-electron chi connectivity index (χ1n) is 7.10. The van der Waals surface area contributed by atoms with Gasteiger partial charge in [0.1, 0.15) is 5.52 Å². The topological polar surface area (TPSA) is 38.5 Å². The van der Waals surface area contributed by atoms with Crippen molar-refractivity contribution in [1.29, 1.82) is 0 Å². The Morgan fingerprint density at radius 1 is 1.21 bits per heavy atom. The van der Waals surface area contributed by atoms with E-state index in [4.69, 9.17) is 9.15 Å². The third kappa shape index (κ3) is 2.21. The van der Waals surface area contributed by atoms with Crippen LogP contribution in [-0.4, -0.2) is 30.8 Å². The Morgan fingerprint density at radius 3 is 2.84 bits per heavy atom. The van der Waals surface area contributed by atoms with E-state index in [1.54, 1.807) is 0 Å². The molecule has 1 saturated carbocycles. The van der Waals surface area contributed by atoms with E-state index in [9.17, 15) is 0 Å². The molecule has 1 saturated heterocycles. The van der Waals surface area contributed by atoms with Crippen LogP contribution < -0.4 is 4.90 Å². The maximum Gasteiger partial charge on any atom is 0.298 e.